The second kappa shape index (κ2) is 5.66. The largest absolute Gasteiger partial charge is 0.458 e. The molecule has 0 fully saturated rings. The van der Waals surface area contributed by atoms with Gasteiger partial charge in [-0.1, -0.05) is 24.9 Å². The van der Waals surface area contributed by atoms with Crippen LogP contribution in [0.1, 0.15) is 37.2 Å². The summed E-state index contributed by atoms with van der Waals surface area (Å²) in [6.07, 6.45) is 4.40. The van der Waals surface area contributed by atoms with Crippen molar-refractivity contribution < 1.29 is 9.53 Å². The molecule has 5 heteroatoms. The Morgan fingerprint density at radius 1 is 1.60 bits per heavy atom. The first-order valence-corrected chi connectivity index (χ1v) is 5.19. The average Bonchev–Trinajstić information content (AvgIpc) is 2.18. The molecule has 0 amide bonds. The van der Waals surface area contributed by atoms with Gasteiger partial charge in [0.1, 0.15) is 5.15 Å². The number of rotatable bonds is 4. The summed E-state index contributed by atoms with van der Waals surface area (Å²) in [5, 5.41) is 0.188. The smallest absolute Gasteiger partial charge is 0.358 e. The fourth-order valence-electron chi connectivity index (χ4n) is 1.15. The SMILES string of the molecule is CCCC(C)OC(=O)c1cncc(Cl)n1. The Labute approximate surface area is 93.6 Å². The number of aromatic nitrogens is 2. The minimum atomic E-state index is -0.481. The lowest BCUT2D eigenvalue weighted by atomic mass is 10.2. The summed E-state index contributed by atoms with van der Waals surface area (Å²) in [6, 6.07) is 0. The molecule has 0 aliphatic heterocycles. The summed E-state index contributed by atoms with van der Waals surface area (Å²) in [4.78, 5) is 19.1. The summed E-state index contributed by atoms with van der Waals surface area (Å²) in [5.41, 5.74) is 0.144. The van der Waals surface area contributed by atoms with Gasteiger partial charge in [0, 0.05) is 0 Å². The van der Waals surface area contributed by atoms with E-state index < -0.39 is 5.97 Å². The molecule has 1 heterocycles. The Balaban J connectivity index is 2.61. The zero-order chi connectivity index (χ0) is 11.3. The molecule has 0 saturated carbocycles. The third kappa shape index (κ3) is 3.83. The van der Waals surface area contributed by atoms with Gasteiger partial charge in [-0.25, -0.2) is 9.78 Å². The Hall–Kier alpha value is -1.16. The number of carbonyl (C=O) groups excluding carboxylic acids is 1. The molecule has 1 rings (SSSR count). The Morgan fingerprint density at radius 3 is 2.93 bits per heavy atom. The lowest BCUT2D eigenvalue weighted by Crippen LogP contribution is -2.16. The standard InChI is InChI=1S/C10H13ClN2O2/c1-3-4-7(2)15-10(14)8-5-12-6-9(11)13-8/h5-7H,3-4H2,1-2H3. The lowest BCUT2D eigenvalue weighted by Gasteiger charge is -2.11. The Bertz CT molecular complexity index is 344. The zero-order valence-corrected chi connectivity index (χ0v) is 9.49. The van der Waals surface area contributed by atoms with Crippen molar-refractivity contribution in [2.45, 2.75) is 32.8 Å². The fourth-order valence-corrected chi connectivity index (χ4v) is 1.30. The van der Waals surface area contributed by atoms with Crippen molar-refractivity contribution in [2.75, 3.05) is 0 Å². The van der Waals surface area contributed by atoms with Gasteiger partial charge >= 0.3 is 5.97 Å². The number of nitrogens with zero attached hydrogens (tertiary/aromatic N) is 2. The highest BCUT2D eigenvalue weighted by Gasteiger charge is 2.13. The maximum atomic E-state index is 11.5. The third-order valence-corrected chi connectivity index (χ3v) is 2.00. The molecule has 82 valence electrons. The first kappa shape index (κ1) is 11.9. The maximum absolute atomic E-state index is 11.5. The number of hydrogen-bond acceptors (Lipinski definition) is 4. The van der Waals surface area contributed by atoms with Gasteiger partial charge in [0.15, 0.2) is 5.69 Å². The van der Waals surface area contributed by atoms with Gasteiger partial charge < -0.3 is 4.74 Å². The van der Waals surface area contributed by atoms with E-state index in [0.29, 0.717) is 0 Å². The molecule has 15 heavy (non-hydrogen) atoms. The van der Waals surface area contributed by atoms with E-state index >= 15 is 0 Å². The molecule has 1 aromatic heterocycles. The molecular formula is C10H13ClN2O2. The predicted molar refractivity (Wildman–Crippen MR) is 56.8 cm³/mol. The van der Waals surface area contributed by atoms with Crippen molar-refractivity contribution in [3.8, 4) is 0 Å². The average molecular weight is 229 g/mol. The molecule has 0 aliphatic rings. The van der Waals surface area contributed by atoms with Crippen LogP contribution in [0.5, 0.6) is 0 Å². The van der Waals surface area contributed by atoms with Crippen LogP contribution in [0, 0.1) is 0 Å². The van der Waals surface area contributed by atoms with Crippen LogP contribution in [0.4, 0.5) is 0 Å². The van der Waals surface area contributed by atoms with E-state index in [1.807, 2.05) is 13.8 Å². The second-order valence-electron chi connectivity index (χ2n) is 3.23. The van der Waals surface area contributed by atoms with Crippen LogP contribution < -0.4 is 0 Å². The van der Waals surface area contributed by atoms with Gasteiger partial charge in [0.05, 0.1) is 18.5 Å². The second-order valence-corrected chi connectivity index (χ2v) is 3.62. The Morgan fingerprint density at radius 2 is 2.33 bits per heavy atom. The first-order valence-electron chi connectivity index (χ1n) is 4.82. The van der Waals surface area contributed by atoms with Crippen molar-refractivity contribution in [3.05, 3.63) is 23.2 Å². The summed E-state index contributed by atoms with van der Waals surface area (Å²) in [6.45, 7) is 3.88. The number of hydrogen-bond donors (Lipinski definition) is 0. The van der Waals surface area contributed by atoms with Crippen LogP contribution in [0.25, 0.3) is 0 Å². The van der Waals surface area contributed by atoms with Gasteiger partial charge in [-0.3, -0.25) is 4.98 Å². The van der Waals surface area contributed by atoms with Crippen molar-refractivity contribution in [2.24, 2.45) is 0 Å². The van der Waals surface area contributed by atoms with Crippen LogP contribution in [0.3, 0.4) is 0 Å². The van der Waals surface area contributed by atoms with Crippen LogP contribution in [-0.4, -0.2) is 22.0 Å². The highest BCUT2D eigenvalue weighted by Crippen LogP contribution is 2.07. The van der Waals surface area contributed by atoms with E-state index in [2.05, 4.69) is 9.97 Å². The van der Waals surface area contributed by atoms with Crippen LogP contribution in [0.15, 0.2) is 12.4 Å². The monoisotopic (exact) mass is 228 g/mol. The van der Waals surface area contributed by atoms with E-state index in [-0.39, 0.29) is 17.0 Å². The number of esters is 1. The quantitative estimate of drug-likeness (QED) is 0.743. The molecule has 0 bridgehead atoms. The van der Waals surface area contributed by atoms with Crippen molar-refractivity contribution in [1.82, 2.24) is 9.97 Å². The molecule has 0 saturated heterocycles. The van der Waals surface area contributed by atoms with E-state index in [1.165, 1.54) is 12.4 Å². The molecule has 1 unspecified atom stereocenters. The first-order chi connectivity index (χ1) is 7.13. The highest BCUT2D eigenvalue weighted by molar-refractivity contribution is 6.29. The van der Waals surface area contributed by atoms with E-state index in [1.54, 1.807) is 0 Å². The third-order valence-electron chi connectivity index (χ3n) is 1.82. The van der Waals surface area contributed by atoms with Gasteiger partial charge in [0.25, 0.3) is 0 Å². The van der Waals surface area contributed by atoms with Crippen molar-refractivity contribution in [3.63, 3.8) is 0 Å². The van der Waals surface area contributed by atoms with Crippen molar-refractivity contribution in [1.29, 1.82) is 0 Å². The van der Waals surface area contributed by atoms with Crippen LogP contribution in [-0.2, 0) is 4.74 Å². The fraction of sp³-hybridized carbons (Fsp3) is 0.500. The lowest BCUT2D eigenvalue weighted by molar-refractivity contribution is 0.0316. The van der Waals surface area contributed by atoms with Crippen molar-refractivity contribution >= 4 is 17.6 Å². The summed E-state index contributed by atoms with van der Waals surface area (Å²) in [7, 11) is 0. The summed E-state index contributed by atoms with van der Waals surface area (Å²) in [5.74, 6) is -0.481. The summed E-state index contributed by atoms with van der Waals surface area (Å²) >= 11 is 5.61. The van der Waals surface area contributed by atoms with Gasteiger partial charge in [0.2, 0.25) is 0 Å². The normalized spacial score (nSPS) is 12.2. The molecule has 0 N–H and O–H groups in total. The molecular weight excluding hydrogens is 216 g/mol. The molecule has 1 aromatic rings. The minimum Gasteiger partial charge on any atom is -0.458 e. The number of halogens is 1. The zero-order valence-electron chi connectivity index (χ0n) is 8.74. The molecule has 0 aromatic carbocycles. The van der Waals surface area contributed by atoms with Gasteiger partial charge in [-0.2, -0.15) is 0 Å². The topological polar surface area (TPSA) is 52.1 Å². The van der Waals surface area contributed by atoms with Gasteiger partial charge in [-0.15, -0.1) is 0 Å². The van der Waals surface area contributed by atoms with Crippen LogP contribution >= 0.6 is 11.6 Å². The number of ether oxygens (including phenoxy) is 1. The highest BCUT2D eigenvalue weighted by atomic mass is 35.5. The maximum Gasteiger partial charge on any atom is 0.358 e. The molecule has 1 atom stereocenters. The molecule has 4 nitrogen and oxygen atoms in total. The van der Waals surface area contributed by atoms with E-state index in [4.69, 9.17) is 16.3 Å². The van der Waals surface area contributed by atoms with E-state index in [0.717, 1.165) is 12.8 Å². The minimum absolute atomic E-state index is 0.108. The van der Waals surface area contributed by atoms with Gasteiger partial charge in [-0.05, 0) is 13.3 Å². The Kier molecular flexibility index (Phi) is 4.49. The van der Waals surface area contributed by atoms with Crippen LogP contribution in [0.2, 0.25) is 5.15 Å². The molecule has 0 radical (unpaired) electrons. The molecule has 0 aliphatic carbocycles. The summed E-state index contributed by atoms with van der Waals surface area (Å²) < 4.78 is 5.13. The van der Waals surface area contributed by atoms with E-state index in [9.17, 15) is 4.79 Å². The molecule has 0 spiro atoms. The number of carbonyl (C=O) groups is 1. The predicted octanol–water partition coefficient (Wildman–Crippen LogP) is 2.48.